The predicted molar refractivity (Wildman–Crippen MR) is 90.5 cm³/mol. The Morgan fingerprint density at radius 1 is 1.38 bits per heavy atom. The Bertz CT molecular complexity index is 615. The van der Waals surface area contributed by atoms with Crippen LogP contribution >= 0.6 is 0 Å². The van der Waals surface area contributed by atoms with Crippen molar-refractivity contribution < 1.29 is 19.5 Å². The number of benzene rings is 1. The normalized spacial score (nSPS) is 17.5. The number of anilines is 1. The van der Waals surface area contributed by atoms with Gasteiger partial charge in [-0.05, 0) is 30.9 Å². The summed E-state index contributed by atoms with van der Waals surface area (Å²) in [7, 11) is 0. The Hall–Kier alpha value is -2.37. The lowest BCUT2D eigenvalue weighted by molar-refractivity contribution is -0.142. The number of carbonyl (C=O) groups excluding carboxylic acids is 2. The van der Waals surface area contributed by atoms with Gasteiger partial charge in [0.1, 0.15) is 0 Å². The van der Waals surface area contributed by atoms with E-state index in [1.54, 1.807) is 0 Å². The first kappa shape index (κ1) is 18.0. The molecule has 1 aliphatic rings. The highest BCUT2D eigenvalue weighted by molar-refractivity contribution is 5.96. The third-order valence-electron chi connectivity index (χ3n) is 4.36. The van der Waals surface area contributed by atoms with Gasteiger partial charge >= 0.3 is 5.97 Å². The van der Waals surface area contributed by atoms with Crippen LogP contribution in [0.15, 0.2) is 24.3 Å². The highest BCUT2D eigenvalue weighted by Gasteiger charge is 2.26. The van der Waals surface area contributed by atoms with Gasteiger partial charge in [-0.2, -0.15) is 0 Å². The molecule has 2 rings (SSSR count). The molecule has 1 aliphatic heterocycles. The third kappa shape index (κ3) is 4.81. The van der Waals surface area contributed by atoms with Gasteiger partial charge in [0.15, 0.2) is 0 Å². The fourth-order valence-electron chi connectivity index (χ4n) is 2.94. The van der Waals surface area contributed by atoms with E-state index in [2.05, 4.69) is 10.6 Å². The maximum atomic E-state index is 12.1. The Morgan fingerprint density at radius 2 is 2.12 bits per heavy atom. The second-order valence-electron chi connectivity index (χ2n) is 6.21. The van der Waals surface area contributed by atoms with Crippen LogP contribution in [0.5, 0.6) is 0 Å². The zero-order valence-corrected chi connectivity index (χ0v) is 13.9. The van der Waals surface area contributed by atoms with Crippen LogP contribution in [0, 0.1) is 11.8 Å². The van der Waals surface area contributed by atoms with Crippen LogP contribution in [0.3, 0.4) is 0 Å². The van der Waals surface area contributed by atoms with Gasteiger partial charge in [0.2, 0.25) is 11.8 Å². The fraction of sp³-hybridized carbons (Fsp3) is 0.500. The number of hydrogen-bond acceptors (Lipinski definition) is 3. The SMILES string of the molecule is CCCC(CNC(=O)CCC1Cc2ccccc2NC1=O)C(=O)O. The van der Waals surface area contributed by atoms with Crippen LogP contribution in [0.25, 0.3) is 0 Å². The molecule has 0 saturated carbocycles. The van der Waals surface area contributed by atoms with Gasteiger partial charge in [-0.15, -0.1) is 0 Å². The summed E-state index contributed by atoms with van der Waals surface area (Å²) in [6.07, 6.45) is 2.60. The Balaban J connectivity index is 1.80. The summed E-state index contributed by atoms with van der Waals surface area (Å²) in [4.78, 5) is 35.1. The summed E-state index contributed by atoms with van der Waals surface area (Å²) >= 11 is 0. The topological polar surface area (TPSA) is 95.5 Å². The first-order valence-electron chi connectivity index (χ1n) is 8.39. The van der Waals surface area contributed by atoms with Gasteiger partial charge in [-0.25, -0.2) is 0 Å². The van der Waals surface area contributed by atoms with Crippen molar-refractivity contribution in [2.24, 2.45) is 11.8 Å². The standard InChI is InChI=1S/C18H24N2O4/c1-2-5-14(18(23)24)11-19-16(21)9-8-13-10-12-6-3-4-7-15(12)20-17(13)22/h3-4,6-7,13-14H,2,5,8-11H2,1H3,(H,19,21)(H,20,22)(H,23,24). The number of hydrogen-bond donors (Lipinski definition) is 3. The van der Waals surface area contributed by atoms with E-state index in [0.29, 0.717) is 19.3 Å². The molecule has 130 valence electrons. The molecule has 0 spiro atoms. The number of fused-ring (bicyclic) bond motifs is 1. The summed E-state index contributed by atoms with van der Waals surface area (Å²) in [6.45, 7) is 2.05. The molecule has 3 N–H and O–H groups in total. The average Bonchev–Trinajstić information content (AvgIpc) is 2.56. The summed E-state index contributed by atoms with van der Waals surface area (Å²) in [5.74, 6) is -1.93. The van der Waals surface area contributed by atoms with Crippen molar-refractivity contribution in [1.82, 2.24) is 5.32 Å². The molecular weight excluding hydrogens is 308 g/mol. The molecule has 0 fully saturated rings. The van der Waals surface area contributed by atoms with Gasteiger partial charge in [0.25, 0.3) is 0 Å². The second kappa shape index (κ2) is 8.47. The molecule has 0 saturated heterocycles. The number of para-hydroxylation sites is 1. The van der Waals surface area contributed by atoms with Crippen molar-refractivity contribution in [3.05, 3.63) is 29.8 Å². The fourth-order valence-corrected chi connectivity index (χ4v) is 2.94. The van der Waals surface area contributed by atoms with Crippen molar-refractivity contribution in [2.45, 2.75) is 39.0 Å². The van der Waals surface area contributed by atoms with Gasteiger partial charge in [0.05, 0.1) is 5.92 Å². The molecule has 6 heteroatoms. The Labute approximate surface area is 141 Å². The monoisotopic (exact) mass is 332 g/mol. The maximum absolute atomic E-state index is 12.1. The summed E-state index contributed by atoms with van der Waals surface area (Å²) in [5, 5.41) is 14.6. The lowest BCUT2D eigenvalue weighted by atomic mass is 9.89. The van der Waals surface area contributed by atoms with Crippen LogP contribution < -0.4 is 10.6 Å². The van der Waals surface area contributed by atoms with E-state index in [9.17, 15) is 14.4 Å². The van der Waals surface area contributed by atoms with Crippen LogP contribution in [-0.4, -0.2) is 29.4 Å². The molecule has 2 unspecified atom stereocenters. The van der Waals surface area contributed by atoms with E-state index in [1.807, 2.05) is 31.2 Å². The highest BCUT2D eigenvalue weighted by atomic mass is 16.4. The molecular formula is C18H24N2O4. The van der Waals surface area contributed by atoms with Crippen LogP contribution in [0.2, 0.25) is 0 Å². The molecule has 1 aromatic rings. The highest BCUT2D eigenvalue weighted by Crippen LogP contribution is 2.27. The van der Waals surface area contributed by atoms with Gasteiger partial charge in [-0.3, -0.25) is 14.4 Å². The lowest BCUT2D eigenvalue weighted by Gasteiger charge is -2.24. The zero-order valence-electron chi connectivity index (χ0n) is 13.9. The minimum atomic E-state index is -0.889. The van der Waals surface area contributed by atoms with Crippen molar-refractivity contribution in [1.29, 1.82) is 0 Å². The molecule has 0 bridgehead atoms. The number of amides is 2. The number of nitrogens with one attached hydrogen (secondary N) is 2. The minimum absolute atomic E-state index is 0.0594. The number of carbonyl (C=O) groups is 3. The van der Waals surface area contributed by atoms with E-state index < -0.39 is 11.9 Å². The molecule has 2 atom stereocenters. The molecule has 6 nitrogen and oxygen atoms in total. The first-order chi connectivity index (χ1) is 11.5. The molecule has 2 amide bonds. The van der Waals surface area contributed by atoms with Crippen LogP contribution in [0.1, 0.15) is 38.2 Å². The van der Waals surface area contributed by atoms with E-state index >= 15 is 0 Å². The average molecular weight is 332 g/mol. The molecule has 1 heterocycles. The number of carboxylic acid groups (broad SMARTS) is 1. The minimum Gasteiger partial charge on any atom is -0.481 e. The Kier molecular flexibility index (Phi) is 6.35. The van der Waals surface area contributed by atoms with E-state index in [1.165, 1.54) is 0 Å². The third-order valence-corrected chi connectivity index (χ3v) is 4.36. The smallest absolute Gasteiger partial charge is 0.308 e. The molecule has 24 heavy (non-hydrogen) atoms. The van der Waals surface area contributed by atoms with E-state index in [-0.39, 0.29) is 30.7 Å². The van der Waals surface area contributed by atoms with Crippen molar-refractivity contribution in [2.75, 3.05) is 11.9 Å². The van der Waals surface area contributed by atoms with Crippen molar-refractivity contribution in [3.8, 4) is 0 Å². The maximum Gasteiger partial charge on any atom is 0.308 e. The van der Waals surface area contributed by atoms with Crippen molar-refractivity contribution in [3.63, 3.8) is 0 Å². The number of rotatable bonds is 8. The van der Waals surface area contributed by atoms with Gasteiger partial charge in [0, 0.05) is 24.6 Å². The first-order valence-corrected chi connectivity index (χ1v) is 8.39. The van der Waals surface area contributed by atoms with Crippen molar-refractivity contribution >= 4 is 23.5 Å². The quantitative estimate of drug-likeness (QED) is 0.680. The number of carboxylic acids is 1. The van der Waals surface area contributed by atoms with Crippen LogP contribution in [-0.2, 0) is 20.8 Å². The second-order valence-corrected chi connectivity index (χ2v) is 6.21. The Morgan fingerprint density at radius 3 is 2.83 bits per heavy atom. The molecule has 1 aromatic carbocycles. The lowest BCUT2D eigenvalue weighted by Crippen LogP contribution is -2.34. The summed E-state index contributed by atoms with van der Waals surface area (Å²) < 4.78 is 0. The molecule has 0 aromatic heterocycles. The predicted octanol–water partition coefficient (Wildman–Crippen LogP) is 2.19. The molecule has 0 aliphatic carbocycles. The summed E-state index contributed by atoms with van der Waals surface area (Å²) in [5.41, 5.74) is 1.92. The largest absolute Gasteiger partial charge is 0.481 e. The van der Waals surface area contributed by atoms with E-state index in [4.69, 9.17) is 5.11 Å². The molecule has 0 radical (unpaired) electrons. The van der Waals surface area contributed by atoms with Crippen LogP contribution in [0.4, 0.5) is 5.69 Å². The van der Waals surface area contributed by atoms with E-state index in [0.717, 1.165) is 17.7 Å². The summed E-state index contributed by atoms with van der Waals surface area (Å²) in [6, 6.07) is 7.65. The van der Waals surface area contributed by atoms with Gasteiger partial charge in [-0.1, -0.05) is 31.5 Å². The van der Waals surface area contributed by atoms with Gasteiger partial charge < -0.3 is 15.7 Å². The number of aliphatic carboxylic acids is 1. The zero-order chi connectivity index (χ0) is 17.5.